The van der Waals surface area contributed by atoms with Crippen LogP contribution in [-0.2, 0) is 0 Å². The fraction of sp³-hybridized carbons (Fsp3) is 0. The maximum Gasteiger partial charge on any atom is 0.0715 e. The van der Waals surface area contributed by atoms with Crippen molar-refractivity contribution >= 4 is 39.1 Å². The predicted octanol–water partition coefficient (Wildman–Crippen LogP) is 8.15. The lowest BCUT2D eigenvalue weighted by Crippen LogP contribution is -1.91. The van der Waals surface area contributed by atoms with Crippen molar-refractivity contribution in [2.24, 2.45) is 0 Å². The molecule has 1 heterocycles. The molecule has 132 valence electrons. The van der Waals surface area contributed by atoms with Crippen molar-refractivity contribution < 1.29 is 0 Å². The maximum absolute atomic E-state index is 6.47. The molecule has 0 fully saturated rings. The summed E-state index contributed by atoms with van der Waals surface area (Å²) in [6.45, 7) is 0. The van der Waals surface area contributed by atoms with Crippen molar-refractivity contribution in [2.45, 2.75) is 0 Å². The number of halogens is 3. The van der Waals surface area contributed by atoms with E-state index in [9.17, 15) is 0 Å². The highest BCUT2D eigenvalue weighted by Gasteiger charge is 2.11. The molecule has 0 saturated heterocycles. The summed E-state index contributed by atoms with van der Waals surface area (Å²) < 4.78 is 1.03. The Balaban J connectivity index is 1.93. The standard InChI is InChI=1S/C23H14BrCl2N/c24-18-8-6-16(7-9-18)23-13-17(20-11-10-19(25)14-21(20)26)12-22(27-23)15-4-2-1-3-5-15/h1-14H. The molecule has 27 heavy (non-hydrogen) atoms. The molecular formula is C23H14BrCl2N. The average molecular weight is 455 g/mol. The van der Waals surface area contributed by atoms with Crippen LogP contribution < -0.4 is 0 Å². The lowest BCUT2D eigenvalue weighted by Gasteiger charge is -2.11. The van der Waals surface area contributed by atoms with Crippen LogP contribution in [-0.4, -0.2) is 4.98 Å². The van der Waals surface area contributed by atoms with Gasteiger partial charge in [-0.05, 0) is 42.0 Å². The monoisotopic (exact) mass is 453 g/mol. The van der Waals surface area contributed by atoms with Crippen molar-refractivity contribution in [3.05, 3.63) is 99.4 Å². The molecule has 0 spiro atoms. The third-order valence-corrected chi connectivity index (χ3v) is 5.35. The number of rotatable bonds is 3. The van der Waals surface area contributed by atoms with Gasteiger partial charge >= 0.3 is 0 Å². The van der Waals surface area contributed by atoms with Crippen LogP contribution in [0.3, 0.4) is 0 Å². The van der Waals surface area contributed by atoms with Gasteiger partial charge in [0.05, 0.1) is 11.4 Å². The molecule has 0 saturated carbocycles. The minimum absolute atomic E-state index is 0.620. The van der Waals surface area contributed by atoms with E-state index < -0.39 is 0 Å². The Morgan fingerprint density at radius 1 is 0.630 bits per heavy atom. The molecule has 0 atom stereocenters. The van der Waals surface area contributed by atoms with E-state index in [1.165, 1.54) is 0 Å². The van der Waals surface area contributed by atoms with Gasteiger partial charge in [0.15, 0.2) is 0 Å². The fourth-order valence-corrected chi connectivity index (χ4v) is 3.72. The Kier molecular flexibility index (Phi) is 5.31. The molecule has 0 aliphatic rings. The molecule has 1 nitrogen and oxygen atoms in total. The highest BCUT2D eigenvalue weighted by atomic mass is 79.9. The molecule has 4 aromatic rings. The third kappa shape index (κ3) is 4.08. The summed E-state index contributed by atoms with van der Waals surface area (Å²) in [6, 6.07) is 27.9. The third-order valence-electron chi connectivity index (χ3n) is 4.28. The lowest BCUT2D eigenvalue weighted by atomic mass is 10.00. The van der Waals surface area contributed by atoms with E-state index in [-0.39, 0.29) is 0 Å². The van der Waals surface area contributed by atoms with E-state index in [1.54, 1.807) is 6.07 Å². The second-order valence-corrected chi connectivity index (χ2v) is 7.88. The Morgan fingerprint density at radius 2 is 1.26 bits per heavy atom. The Morgan fingerprint density at radius 3 is 1.89 bits per heavy atom. The van der Waals surface area contributed by atoms with Gasteiger partial charge in [0.25, 0.3) is 0 Å². The van der Waals surface area contributed by atoms with Crippen molar-refractivity contribution in [1.29, 1.82) is 0 Å². The summed E-state index contributed by atoms with van der Waals surface area (Å²) in [4.78, 5) is 4.89. The summed E-state index contributed by atoms with van der Waals surface area (Å²) in [5, 5.41) is 1.24. The number of nitrogens with zero attached hydrogens (tertiary/aromatic N) is 1. The Labute approximate surface area is 176 Å². The molecular weight excluding hydrogens is 441 g/mol. The zero-order valence-electron chi connectivity index (χ0n) is 14.2. The van der Waals surface area contributed by atoms with Gasteiger partial charge in [-0.1, -0.05) is 87.7 Å². The first-order valence-corrected chi connectivity index (χ1v) is 9.94. The summed E-state index contributed by atoms with van der Waals surface area (Å²) in [5.41, 5.74) is 5.83. The number of hydrogen-bond donors (Lipinski definition) is 0. The van der Waals surface area contributed by atoms with Crippen LogP contribution in [0.2, 0.25) is 10.0 Å². The minimum Gasteiger partial charge on any atom is -0.248 e. The zero-order valence-corrected chi connectivity index (χ0v) is 17.3. The molecule has 0 radical (unpaired) electrons. The van der Waals surface area contributed by atoms with E-state index in [0.29, 0.717) is 10.0 Å². The van der Waals surface area contributed by atoms with Crippen molar-refractivity contribution in [3.63, 3.8) is 0 Å². The van der Waals surface area contributed by atoms with Gasteiger partial charge in [0.1, 0.15) is 0 Å². The smallest absolute Gasteiger partial charge is 0.0715 e. The Bertz CT molecular complexity index is 1090. The zero-order chi connectivity index (χ0) is 18.8. The lowest BCUT2D eigenvalue weighted by molar-refractivity contribution is 1.32. The number of pyridine rings is 1. The van der Waals surface area contributed by atoms with E-state index in [1.807, 2.05) is 42.5 Å². The summed E-state index contributed by atoms with van der Waals surface area (Å²) >= 11 is 16.0. The first kappa shape index (κ1) is 18.2. The minimum atomic E-state index is 0.620. The van der Waals surface area contributed by atoms with Crippen molar-refractivity contribution in [1.82, 2.24) is 4.98 Å². The van der Waals surface area contributed by atoms with Gasteiger partial charge in [-0.2, -0.15) is 0 Å². The van der Waals surface area contributed by atoms with Crippen molar-refractivity contribution in [2.75, 3.05) is 0 Å². The highest BCUT2D eigenvalue weighted by Crippen LogP contribution is 2.35. The second-order valence-electron chi connectivity index (χ2n) is 6.12. The number of hydrogen-bond acceptors (Lipinski definition) is 1. The molecule has 3 aromatic carbocycles. The van der Waals surface area contributed by atoms with E-state index in [4.69, 9.17) is 28.2 Å². The fourth-order valence-electron chi connectivity index (χ4n) is 2.93. The molecule has 4 heteroatoms. The molecule has 0 N–H and O–H groups in total. The number of benzene rings is 3. The van der Waals surface area contributed by atoms with Crippen LogP contribution >= 0.6 is 39.1 Å². The molecule has 0 aliphatic carbocycles. The SMILES string of the molecule is Clc1ccc(-c2cc(-c3ccccc3)nc(-c3ccc(Br)cc3)c2)c(Cl)c1. The van der Waals surface area contributed by atoms with E-state index in [0.717, 1.165) is 38.1 Å². The first-order valence-electron chi connectivity index (χ1n) is 8.39. The van der Waals surface area contributed by atoms with Crippen LogP contribution in [0.15, 0.2) is 89.4 Å². The first-order chi connectivity index (χ1) is 13.1. The van der Waals surface area contributed by atoms with Crippen LogP contribution in [0, 0.1) is 0 Å². The summed E-state index contributed by atoms with van der Waals surface area (Å²) in [5.74, 6) is 0. The second kappa shape index (κ2) is 7.85. The molecule has 1 aromatic heterocycles. The van der Waals surface area contributed by atoms with Gasteiger partial charge in [-0.3, -0.25) is 0 Å². The molecule has 0 unspecified atom stereocenters. The maximum atomic E-state index is 6.47. The van der Waals surface area contributed by atoms with E-state index in [2.05, 4.69) is 52.3 Å². The number of aromatic nitrogens is 1. The molecule has 4 rings (SSSR count). The molecule has 0 bridgehead atoms. The predicted molar refractivity (Wildman–Crippen MR) is 118 cm³/mol. The highest BCUT2D eigenvalue weighted by molar-refractivity contribution is 9.10. The van der Waals surface area contributed by atoms with Crippen LogP contribution in [0.5, 0.6) is 0 Å². The Hall–Kier alpha value is -2.13. The van der Waals surface area contributed by atoms with Gasteiger partial charge in [-0.25, -0.2) is 4.98 Å². The van der Waals surface area contributed by atoms with Crippen LogP contribution in [0.25, 0.3) is 33.6 Å². The normalized spacial score (nSPS) is 10.8. The van der Waals surface area contributed by atoms with Gasteiger partial charge in [-0.15, -0.1) is 0 Å². The summed E-state index contributed by atoms with van der Waals surface area (Å²) in [7, 11) is 0. The topological polar surface area (TPSA) is 12.9 Å². The van der Waals surface area contributed by atoms with Crippen LogP contribution in [0.1, 0.15) is 0 Å². The van der Waals surface area contributed by atoms with Gasteiger partial charge in [0, 0.05) is 31.2 Å². The summed E-state index contributed by atoms with van der Waals surface area (Å²) in [6.07, 6.45) is 0. The molecule has 0 aliphatic heterocycles. The van der Waals surface area contributed by atoms with Crippen LogP contribution in [0.4, 0.5) is 0 Å². The van der Waals surface area contributed by atoms with Gasteiger partial charge < -0.3 is 0 Å². The average Bonchev–Trinajstić information content (AvgIpc) is 2.69. The largest absolute Gasteiger partial charge is 0.248 e. The van der Waals surface area contributed by atoms with E-state index >= 15 is 0 Å². The van der Waals surface area contributed by atoms with Crippen molar-refractivity contribution in [3.8, 4) is 33.6 Å². The van der Waals surface area contributed by atoms with Gasteiger partial charge in [0.2, 0.25) is 0 Å². The quantitative estimate of drug-likeness (QED) is 0.304. The molecule has 0 amide bonds.